The van der Waals surface area contributed by atoms with E-state index in [1.165, 1.54) is 26.6 Å². The Kier molecular flexibility index (Phi) is 4.57. The van der Waals surface area contributed by atoms with Crippen molar-refractivity contribution in [1.82, 2.24) is 9.97 Å². The highest BCUT2D eigenvalue weighted by Gasteiger charge is 2.18. The van der Waals surface area contributed by atoms with Gasteiger partial charge in [-0.15, -0.1) is 0 Å². The number of hydrogen-bond donors (Lipinski definition) is 0. The number of ether oxygens (including phenoxy) is 2. The Morgan fingerprint density at radius 3 is 2.60 bits per heavy atom. The first kappa shape index (κ1) is 14.7. The molecular weight excluding hydrogens is 348 g/mol. The zero-order valence-corrected chi connectivity index (χ0v) is 13.0. The van der Waals surface area contributed by atoms with Gasteiger partial charge < -0.3 is 9.47 Å². The van der Waals surface area contributed by atoms with Gasteiger partial charge in [-0.3, -0.25) is 0 Å². The maximum Gasteiger partial charge on any atom is 0.340 e. The topological polar surface area (TPSA) is 61.3 Å². The van der Waals surface area contributed by atoms with Crippen LogP contribution >= 0.6 is 27.5 Å². The summed E-state index contributed by atoms with van der Waals surface area (Å²) in [7, 11) is 2.83. The SMILES string of the molecule is COC(=O)c1cnc(Br)cc1-c1cc(Cl)ncc1OC. The number of rotatable bonds is 3. The molecule has 2 rings (SSSR count). The van der Waals surface area contributed by atoms with Crippen molar-refractivity contribution >= 4 is 33.5 Å². The summed E-state index contributed by atoms with van der Waals surface area (Å²) in [6.45, 7) is 0. The van der Waals surface area contributed by atoms with Crippen LogP contribution in [0.3, 0.4) is 0 Å². The predicted octanol–water partition coefficient (Wildman–Crippen LogP) is 3.35. The molecule has 7 heteroatoms. The average Bonchev–Trinajstić information content (AvgIpc) is 2.46. The first-order valence-electron chi connectivity index (χ1n) is 5.50. The van der Waals surface area contributed by atoms with Gasteiger partial charge in [0.1, 0.15) is 15.5 Å². The first-order valence-corrected chi connectivity index (χ1v) is 6.67. The Morgan fingerprint density at radius 2 is 1.95 bits per heavy atom. The molecule has 0 amide bonds. The van der Waals surface area contributed by atoms with E-state index < -0.39 is 5.97 Å². The third kappa shape index (κ3) is 2.91. The zero-order chi connectivity index (χ0) is 14.7. The number of carbonyl (C=O) groups is 1. The molecule has 0 atom stereocenters. The Hall–Kier alpha value is -1.66. The van der Waals surface area contributed by atoms with Crippen LogP contribution in [0.2, 0.25) is 5.15 Å². The van der Waals surface area contributed by atoms with E-state index in [1.54, 1.807) is 12.1 Å². The highest BCUT2D eigenvalue weighted by Crippen LogP contribution is 2.34. The molecular formula is C13H10BrClN2O3. The van der Waals surface area contributed by atoms with Crippen molar-refractivity contribution in [2.24, 2.45) is 0 Å². The molecule has 5 nitrogen and oxygen atoms in total. The molecule has 0 aliphatic carbocycles. The molecule has 0 saturated carbocycles. The van der Waals surface area contributed by atoms with Crippen LogP contribution in [0.5, 0.6) is 5.75 Å². The molecule has 0 unspecified atom stereocenters. The van der Waals surface area contributed by atoms with Crippen LogP contribution in [0.4, 0.5) is 0 Å². The number of hydrogen-bond acceptors (Lipinski definition) is 5. The van der Waals surface area contributed by atoms with E-state index in [-0.39, 0.29) is 0 Å². The molecule has 0 aromatic carbocycles. The molecule has 2 heterocycles. The maximum atomic E-state index is 11.8. The van der Waals surface area contributed by atoms with Gasteiger partial charge >= 0.3 is 5.97 Å². The second-order valence-corrected chi connectivity index (χ2v) is 4.95. The molecule has 20 heavy (non-hydrogen) atoms. The number of pyridine rings is 2. The van der Waals surface area contributed by atoms with Crippen molar-refractivity contribution in [2.45, 2.75) is 0 Å². The summed E-state index contributed by atoms with van der Waals surface area (Å²) < 4.78 is 10.6. The van der Waals surface area contributed by atoms with E-state index in [0.717, 1.165) is 0 Å². The summed E-state index contributed by atoms with van der Waals surface area (Å²) in [4.78, 5) is 19.8. The standard InChI is InChI=1S/C13H10BrClN2O3/c1-19-10-6-17-12(15)4-8(10)7-3-11(14)16-5-9(7)13(18)20-2/h3-6H,1-2H3. The molecule has 2 aromatic rings. The summed E-state index contributed by atoms with van der Waals surface area (Å²) in [6.07, 6.45) is 2.92. The molecule has 2 aromatic heterocycles. The van der Waals surface area contributed by atoms with Crippen molar-refractivity contribution in [3.05, 3.63) is 39.8 Å². The Labute approximate surface area is 129 Å². The quantitative estimate of drug-likeness (QED) is 0.623. The summed E-state index contributed by atoms with van der Waals surface area (Å²) >= 11 is 9.20. The third-order valence-electron chi connectivity index (χ3n) is 2.62. The zero-order valence-electron chi connectivity index (χ0n) is 10.7. The minimum Gasteiger partial charge on any atom is -0.494 e. The highest BCUT2D eigenvalue weighted by atomic mass is 79.9. The monoisotopic (exact) mass is 356 g/mol. The Morgan fingerprint density at radius 1 is 1.20 bits per heavy atom. The van der Waals surface area contributed by atoms with Gasteiger partial charge in [0.05, 0.1) is 26.0 Å². The Balaban J connectivity index is 2.71. The normalized spacial score (nSPS) is 10.2. The lowest BCUT2D eigenvalue weighted by Crippen LogP contribution is -2.05. The van der Waals surface area contributed by atoms with Crippen molar-refractivity contribution in [1.29, 1.82) is 0 Å². The van der Waals surface area contributed by atoms with Crippen molar-refractivity contribution in [2.75, 3.05) is 14.2 Å². The van der Waals surface area contributed by atoms with Crippen LogP contribution in [-0.4, -0.2) is 30.2 Å². The van der Waals surface area contributed by atoms with Crippen molar-refractivity contribution < 1.29 is 14.3 Å². The largest absolute Gasteiger partial charge is 0.494 e. The molecule has 0 radical (unpaired) electrons. The van der Waals surface area contributed by atoms with Crippen molar-refractivity contribution in [3.63, 3.8) is 0 Å². The first-order chi connectivity index (χ1) is 9.56. The Bertz CT molecular complexity index is 664. The van der Waals surface area contributed by atoms with Crippen molar-refractivity contribution in [3.8, 4) is 16.9 Å². The van der Waals surface area contributed by atoms with Crippen LogP contribution < -0.4 is 4.74 Å². The molecule has 0 saturated heterocycles. The van der Waals surface area contributed by atoms with Gasteiger partial charge in [0.25, 0.3) is 0 Å². The summed E-state index contributed by atoms with van der Waals surface area (Å²) in [5, 5.41) is 0.296. The number of esters is 1. The van der Waals surface area contributed by atoms with Crippen LogP contribution in [0, 0.1) is 0 Å². The number of aromatic nitrogens is 2. The predicted molar refractivity (Wildman–Crippen MR) is 78.1 cm³/mol. The summed E-state index contributed by atoms with van der Waals surface area (Å²) in [6, 6.07) is 3.31. The second kappa shape index (κ2) is 6.19. The van der Waals surface area contributed by atoms with Crippen LogP contribution in [0.1, 0.15) is 10.4 Å². The lowest BCUT2D eigenvalue weighted by Gasteiger charge is -2.12. The lowest BCUT2D eigenvalue weighted by atomic mass is 10.0. The van der Waals surface area contributed by atoms with E-state index >= 15 is 0 Å². The van der Waals surface area contributed by atoms with E-state index in [4.69, 9.17) is 21.1 Å². The fraction of sp³-hybridized carbons (Fsp3) is 0.154. The van der Waals surface area contributed by atoms with Gasteiger partial charge in [0.15, 0.2) is 0 Å². The van der Waals surface area contributed by atoms with Crippen LogP contribution in [0.15, 0.2) is 29.1 Å². The fourth-order valence-corrected chi connectivity index (χ4v) is 2.21. The van der Waals surface area contributed by atoms with E-state index in [2.05, 4.69) is 25.9 Å². The molecule has 0 aliphatic heterocycles. The number of carbonyl (C=O) groups excluding carboxylic acids is 1. The van der Waals surface area contributed by atoms with Gasteiger partial charge in [-0.05, 0) is 28.1 Å². The molecule has 0 bridgehead atoms. The van der Waals surface area contributed by atoms with Gasteiger partial charge in [0.2, 0.25) is 0 Å². The summed E-state index contributed by atoms with van der Waals surface area (Å²) in [5.41, 5.74) is 1.55. The molecule has 0 aliphatic rings. The number of halogens is 2. The molecule has 104 valence electrons. The maximum absolute atomic E-state index is 11.8. The van der Waals surface area contributed by atoms with Gasteiger partial charge in [0, 0.05) is 17.3 Å². The highest BCUT2D eigenvalue weighted by molar-refractivity contribution is 9.10. The minimum absolute atomic E-state index is 0.296. The fourth-order valence-electron chi connectivity index (χ4n) is 1.72. The average molecular weight is 358 g/mol. The number of methoxy groups -OCH3 is 2. The summed E-state index contributed by atoms with van der Waals surface area (Å²) in [5.74, 6) is 0.00707. The second-order valence-electron chi connectivity index (χ2n) is 3.75. The minimum atomic E-state index is -0.491. The van der Waals surface area contributed by atoms with Gasteiger partial charge in [-0.2, -0.15) is 0 Å². The van der Waals surface area contributed by atoms with E-state index in [9.17, 15) is 4.79 Å². The van der Waals surface area contributed by atoms with Crippen LogP contribution in [0.25, 0.3) is 11.1 Å². The molecule has 0 fully saturated rings. The smallest absolute Gasteiger partial charge is 0.340 e. The van der Waals surface area contributed by atoms with Gasteiger partial charge in [-0.1, -0.05) is 11.6 Å². The van der Waals surface area contributed by atoms with Gasteiger partial charge in [-0.25, -0.2) is 14.8 Å². The van der Waals surface area contributed by atoms with E-state index in [0.29, 0.717) is 32.2 Å². The lowest BCUT2D eigenvalue weighted by molar-refractivity contribution is 0.0601. The number of nitrogens with zero attached hydrogens (tertiary/aromatic N) is 2. The third-order valence-corrected chi connectivity index (χ3v) is 3.26. The molecule has 0 N–H and O–H groups in total. The molecule has 0 spiro atoms. The van der Waals surface area contributed by atoms with E-state index in [1.807, 2.05) is 0 Å². The van der Waals surface area contributed by atoms with Crippen LogP contribution in [-0.2, 0) is 4.74 Å².